The summed E-state index contributed by atoms with van der Waals surface area (Å²) in [6, 6.07) is 16.3. The van der Waals surface area contributed by atoms with Crippen molar-refractivity contribution in [3.05, 3.63) is 83.0 Å². The number of pyridine rings is 1. The molecule has 0 bridgehead atoms. The van der Waals surface area contributed by atoms with Crippen LogP contribution in [-0.4, -0.2) is 16.7 Å². The first kappa shape index (κ1) is 18.3. The summed E-state index contributed by atoms with van der Waals surface area (Å²) < 4.78 is 0. The van der Waals surface area contributed by atoms with E-state index in [4.69, 9.17) is 0 Å². The van der Waals surface area contributed by atoms with Crippen LogP contribution in [0, 0.1) is 13.8 Å². The van der Waals surface area contributed by atoms with Gasteiger partial charge in [-0.05, 0) is 62.2 Å². The van der Waals surface area contributed by atoms with Gasteiger partial charge < -0.3 is 10.6 Å². The van der Waals surface area contributed by atoms with Crippen molar-refractivity contribution in [2.45, 2.75) is 20.8 Å². The van der Waals surface area contributed by atoms with Gasteiger partial charge in [0.25, 0.3) is 5.91 Å². The number of anilines is 3. The molecule has 0 spiro atoms. The Morgan fingerprint density at radius 1 is 0.926 bits per heavy atom. The molecule has 3 rings (SSSR count). The number of carbonyl (C=O) groups is 2. The highest BCUT2D eigenvalue weighted by molar-refractivity contribution is 6.05. The van der Waals surface area contributed by atoms with E-state index in [-0.39, 0.29) is 11.7 Å². The Hall–Kier alpha value is -3.47. The minimum atomic E-state index is -0.202. The van der Waals surface area contributed by atoms with Gasteiger partial charge in [-0.2, -0.15) is 0 Å². The molecule has 5 heteroatoms. The van der Waals surface area contributed by atoms with E-state index in [9.17, 15) is 9.59 Å². The average molecular weight is 359 g/mol. The van der Waals surface area contributed by atoms with Crippen LogP contribution in [0.25, 0.3) is 0 Å². The minimum absolute atomic E-state index is 0.00624. The number of rotatable bonds is 5. The molecule has 0 saturated heterocycles. The molecule has 27 heavy (non-hydrogen) atoms. The number of aryl methyl sites for hydroxylation is 1. The predicted octanol–water partition coefficient (Wildman–Crippen LogP) is 4.90. The fourth-order valence-corrected chi connectivity index (χ4v) is 2.68. The molecule has 0 aliphatic heterocycles. The van der Waals surface area contributed by atoms with Crippen molar-refractivity contribution < 1.29 is 9.59 Å². The zero-order valence-electron chi connectivity index (χ0n) is 15.5. The average Bonchev–Trinajstić information content (AvgIpc) is 2.66. The van der Waals surface area contributed by atoms with Crippen LogP contribution in [-0.2, 0) is 0 Å². The fourth-order valence-electron chi connectivity index (χ4n) is 2.68. The third-order valence-electron chi connectivity index (χ3n) is 4.42. The van der Waals surface area contributed by atoms with Crippen molar-refractivity contribution in [3.8, 4) is 0 Å². The third kappa shape index (κ3) is 4.39. The summed E-state index contributed by atoms with van der Waals surface area (Å²) in [6.45, 7) is 5.51. The molecule has 0 unspecified atom stereocenters. The number of amides is 1. The lowest BCUT2D eigenvalue weighted by Crippen LogP contribution is -2.13. The molecule has 0 aliphatic rings. The van der Waals surface area contributed by atoms with Gasteiger partial charge in [-0.25, -0.2) is 4.98 Å². The van der Waals surface area contributed by atoms with Crippen molar-refractivity contribution in [3.63, 3.8) is 0 Å². The Morgan fingerprint density at radius 3 is 2.48 bits per heavy atom. The Morgan fingerprint density at radius 2 is 1.70 bits per heavy atom. The number of benzene rings is 2. The summed E-state index contributed by atoms with van der Waals surface area (Å²) in [6.07, 6.45) is 1.58. The summed E-state index contributed by atoms with van der Waals surface area (Å²) in [5.41, 5.74) is 4.80. The molecule has 0 radical (unpaired) electrons. The number of hydrogen-bond acceptors (Lipinski definition) is 4. The maximum Gasteiger partial charge on any atom is 0.255 e. The molecule has 1 aromatic heterocycles. The largest absolute Gasteiger partial charge is 0.340 e. The molecule has 5 nitrogen and oxygen atoms in total. The molecule has 2 N–H and O–H groups in total. The molecule has 0 aliphatic carbocycles. The van der Waals surface area contributed by atoms with E-state index < -0.39 is 0 Å². The van der Waals surface area contributed by atoms with Gasteiger partial charge in [0.15, 0.2) is 5.78 Å². The summed E-state index contributed by atoms with van der Waals surface area (Å²) in [7, 11) is 0. The Labute approximate surface area is 158 Å². The SMILES string of the molecule is CC(=O)c1cccc(Nc2cc(C(=O)Nc3cccc(C)c3C)ccn2)c1. The van der Waals surface area contributed by atoms with Gasteiger partial charge in [0, 0.05) is 28.7 Å². The highest BCUT2D eigenvalue weighted by atomic mass is 16.1. The number of nitrogens with zero attached hydrogens (tertiary/aromatic N) is 1. The van der Waals surface area contributed by atoms with Crippen LogP contribution in [0.4, 0.5) is 17.2 Å². The van der Waals surface area contributed by atoms with Gasteiger partial charge in [0.05, 0.1) is 0 Å². The van der Waals surface area contributed by atoms with Gasteiger partial charge in [-0.1, -0.05) is 24.3 Å². The summed E-state index contributed by atoms with van der Waals surface area (Å²) in [5.74, 6) is 0.323. The zero-order chi connectivity index (χ0) is 19.4. The standard InChI is InChI=1S/C22H21N3O2/c1-14-6-4-9-20(15(14)2)25-22(27)18-10-11-23-21(13-18)24-19-8-5-7-17(12-19)16(3)26/h4-13H,1-3H3,(H,23,24)(H,25,27). The minimum Gasteiger partial charge on any atom is -0.340 e. The Balaban J connectivity index is 1.79. The number of nitrogens with one attached hydrogen (secondary N) is 2. The predicted molar refractivity (Wildman–Crippen MR) is 108 cm³/mol. The number of aromatic nitrogens is 1. The van der Waals surface area contributed by atoms with Crippen molar-refractivity contribution in [1.29, 1.82) is 0 Å². The monoisotopic (exact) mass is 359 g/mol. The van der Waals surface area contributed by atoms with E-state index in [1.165, 1.54) is 6.92 Å². The molecule has 3 aromatic rings. The molecule has 1 heterocycles. The summed E-state index contributed by atoms with van der Waals surface area (Å²) in [5, 5.41) is 6.08. The topological polar surface area (TPSA) is 71.1 Å². The normalized spacial score (nSPS) is 10.3. The number of ketones is 1. The van der Waals surface area contributed by atoms with E-state index in [1.54, 1.807) is 36.5 Å². The van der Waals surface area contributed by atoms with E-state index in [0.717, 1.165) is 22.5 Å². The van der Waals surface area contributed by atoms with Crippen LogP contribution in [0.15, 0.2) is 60.8 Å². The highest BCUT2D eigenvalue weighted by Gasteiger charge is 2.10. The van der Waals surface area contributed by atoms with Crippen LogP contribution in [0.3, 0.4) is 0 Å². The third-order valence-corrected chi connectivity index (χ3v) is 4.42. The lowest BCUT2D eigenvalue weighted by molar-refractivity contribution is 0.101. The van der Waals surface area contributed by atoms with Gasteiger partial charge in [-0.3, -0.25) is 9.59 Å². The summed E-state index contributed by atoms with van der Waals surface area (Å²) in [4.78, 5) is 28.4. The smallest absolute Gasteiger partial charge is 0.255 e. The van der Waals surface area contributed by atoms with E-state index in [2.05, 4.69) is 15.6 Å². The number of carbonyl (C=O) groups excluding carboxylic acids is 2. The van der Waals surface area contributed by atoms with E-state index in [1.807, 2.05) is 38.1 Å². The molecular weight excluding hydrogens is 338 g/mol. The molecule has 136 valence electrons. The maximum absolute atomic E-state index is 12.6. The van der Waals surface area contributed by atoms with Gasteiger partial charge in [0.2, 0.25) is 0 Å². The quantitative estimate of drug-likeness (QED) is 0.636. The highest BCUT2D eigenvalue weighted by Crippen LogP contribution is 2.20. The van der Waals surface area contributed by atoms with Crippen molar-refractivity contribution in [2.24, 2.45) is 0 Å². The second-order valence-electron chi connectivity index (χ2n) is 6.39. The first-order valence-electron chi connectivity index (χ1n) is 8.65. The van der Waals surface area contributed by atoms with E-state index in [0.29, 0.717) is 16.9 Å². The molecule has 2 aromatic carbocycles. The molecule has 1 amide bonds. The van der Waals surface area contributed by atoms with Crippen molar-refractivity contribution in [1.82, 2.24) is 4.98 Å². The first-order valence-corrected chi connectivity index (χ1v) is 8.65. The van der Waals surface area contributed by atoms with Crippen molar-refractivity contribution >= 4 is 28.9 Å². The Bertz CT molecular complexity index is 1010. The second-order valence-corrected chi connectivity index (χ2v) is 6.39. The molecule has 0 atom stereocenters. The van der Waals surface area contributed by atoms with Crippen LogP contribution < -0.4 is 10.6 Å². The maximum atomic E-state index is 12.6. The second kappa shape index (κ2) is 7.83. The summed E-state index contributed by atoms with van der Waals surface area (Å²) >= 11 is 0. The lowest BCUT2D eigenvalue weighted by atomic mass is 10.1. The first-order chi connectivity index (χ1) is 12.9. The van der Waals surface area contributed by atoms with E-state index >= 15 is 0 Å². The van der Waals surface area contributed by atoms with Gasteiger partial charge in [0.1, 0.15) is 5.82 Å². The van der Waals surface area contributed by atoms with Crippen LogP contribution in [0.5, 0.6) is 0 Å². The van der Waals surface area contributed by atoms with Crippen LogP contribution in [0.1, 0.15) is 38.8 Å². The molecular formula is C22H21N3O2. The number of Topliss-reactive ketones (excluding diaryl/α,β-unsaturated/α-hetero) is 1. The molecule has 0 saturated carbocycles. The van der Waals surface area contributed by atoms with Gasteiger partial charge in [-0.15, -0.1) is 0 Å². The number of hydrogen-bond donors (Lipinski definition) is 2. The van der Waals surface area contributed by atoms with Gasteiger partial charge >= 0.3 is 0 Å². The van der Waals surface area contributed by atoms with Crippen LogP contribution >= 0.6 is 0 Å². The molecule has 0 fully saturated rings. The van der Waals surface area contributed by atoms with Crippen LogP contribution in [0.2, 0.25) is 0 Å². The zero-order valence-corrected chi connectivity index (χ0v) is 15.5. The lowest BCUT2D eigenvalue weighted by Gasteiger charge is -2.11. The Kier molecular flexibility index (Phi) is 5.31. The fraction of sp³-hybridized carbons (Fsp3) is 0.136. The van der Waals surface area contributed by atoms with Crippen molar-refractivity contribution in [2.75, 3.05) is 10.6 Å².